The number of carboxylic acids is 1. The molecule has 0 amide bonds. The summed E-state index contributed by atoms with van der Waals surface area (Å²) in [6.45, 7) is 1.10. The van der Waals surface area contributed by atoms with Crippen LogP contribution in [-0.2, 0) is 4.79 Å². The second kappa shape index (κ2) is 8.53. The predicted molar refractivity (Wildman–Crippen MR) is 70.6 cm³/mol. The van der Waals surface area contributed by atoms with Crippen molar-refractivity contribution in [3.8, 4) is 5.75 Å². The molecule has 0 radical (unpaired) electrons. The third kappa shape index (κ3) is 5.68. The molecule has 0 saturated carbocycles. The quantitative estimate of drug-likeness (QED) is 0.660. The van der Waals surface area contributed by atoms with E-state index in [2.05, 4.69) is 0 Å². The molecule has 0 bridgehead atoms. The van der Waals surface area contributed by atoms with Crippen LogP contribution in [0.25, 0.3) is 0 Å². The van der Waals surface area contributed by atoms with E-state index < -0.39 is 5.97 Å². The van der Waals surface area contributed by atoms with Crippen molar-refractivity contribution in [3.05, 3.63) is 30.3 Å². The van der Waals surface area contributed by atoms with Gasteiger partial charge < -0.3 is 15.6 Å². The van der Waals surface area contributed by atoms with E-state index in [1.54, 1.807) is 0 Å². The molecule has 4 heteroatoms. The third-order valence-electron chi connectivity index (χ3n) is 2.81. The van der Waals surface area contributed by atoms with Gasteiger partial charge in [0.2, 0.25) is 0 Å². The van der Waals surface area contributed by atoms with Crippen LogP contribution in [0, 0.1) is 5.92 Å². The number of hydrogen-bond acceptors (Lipinski definition) is 3. The molecular formula is C14H21NO3. The Bertz CT molecular complexity index is 340. The number of aliphatic carboxylic acids is 1. The lowest BCUT2D eigenvalue weighted by Crippen LogP contribution is -2.16. The molecule has 1 aromatic carbocycles. The van der Waals surface area contributed by atoms with E-state index in [0.29, 0.717) is 26.0 Å². The van der Waals surface area contributed by atoms with Crippen LogP contribution in [0.3, 0.4) is 0 Å². The van der Waals surface area contributed by atoms with E-state index in [1.165, 1.54) is 0 Å². The number of hydrogen-bond donors (Lipinski definition) is 2. The van der Waals surface area contributed by atoms with E-state index in [1.807, 2.05) is 30.3 Å². The Kier molecular flexibility index (Phi) is 6.87. The summed E-state index contributed by atoms with van der Waals surface area (Å²) < 4.78 is 5.52. The van der Waals surface area contributed by atoms with Crippen molar-refractivity contribution in [2.75, 3.05) is 13.2 Å². The molecule has 0 saturated heterocycles. The number of rotatable bonds is 9. The lowest BCUT2D eigenvalue weighted by molar-refractivity contribution is -0.142. The van der Waals surface area contributed by atoms with E-state index in [4.69, 9.17) is 15.6 Å². The minimum Gasteiger partial charge on any atom is -0.494 e. The average Bonchev–Trinajstić information content (AvgIpc) is 2.38. The maximum Gasteiger partial charge on any atom is 0.306 e. The highest BCUT2D eigenvalue weighted by molar-refractivity contribution is 5.69. The van der Waals surface area contributed by atoms with Gasteiger partial charge in [-0.3, -0.25) is 4.79 Å². The summed E-state index contributed by atoms with van der Waals surface area (Å²) in [5, 5.41) is 9.03. The monoisotopic (exact) mass is 251 g/mol. The number of benzene rings is 1. The summed E-state index contributed by atoms with van der Waals surface area (Å²) in [4.78, 5) is 11.0. The maximum atomic E-state index is 11.0. The molecule has 0 aliphatic carbocycles. The van der Waals surface area contributed by atoms with E-state index in [0.717, 1.165) is 18.6 Å². The van der Waals surface area contributed by atoms with Gasteiger partial charge in [0.05, 0.1) is 12.5 Å². The van der Waals surface area contributed by atoms with Crippen LogP contribution < -0.4 is 10.5 Å². The zero-order valence-electron chi connectivity index (χ0n) is 10.5. The van der Waals surface area contributed by atoms with Crippen LogP contribution in [0.2, 0.25) is 0 Å². The fourth-order valence-corrected chi connectivity index (χ4v) is 1.79. The largest absolute Gasteiger partial charge is 0.494 e. The average molecular weight is 251 g/mol. The fraction of sp³-hybridized carbons (Fsp3) is 0.500. The molecule has 100 valence electrons. The molecule has 3 N–H and O–H groups in total. The summed E-state index contributed by atoms with van der Waals surface area (Å²) in [6, 6.07) is 9.54. The van der Waals surface area contributed by atoms with E-state index in [9.17, 15) is 4.79 Å². The summed E-state index contributed by atoms with van der Waals surface area (Å²) in [7, 11) is 0. The van der Waals surface area contributed by atoms with Crippen LogP contribution in [-0.4, -0.2) is 24.2 Å². The van der Waals surface area contributed by atoms with Gasteiger partial charge in [-0.25, -0.2) is 0 Å². The van der Waals surface area contributed by atoms with Crippen LogP contribution in [0.5, 0.6) is 5.75 Å². The lowest BCUT2D eigenvalue weighted by atomic mass is 9.98. The Labute approximate surface area is 108 Å². The Morgan fingerprint density at radius 3 is 2.50 bits per heavy atom. The number of ether oxygens (including phenoxy) is 1. The highest BCUT2D eigenvalue weighted by Gasteiger charge is 2.16. The second-order valence-corrected chi connectivity index (χ2v) is 4.27. The van der Waals surface area contributed by atoms with Gasteiger partial charge in [-0.1, -0.05) is 18.2 Å². The number of para-hydroxylation sites is 1. The summed E-state index contributed by atoms with van der Waals surface area (Å²) in [6.07, 6.45) is 2.80. The van der Waals surface area contributed by atoms with Gasteiger partial charge in [-0.05, 0) is 44.4 Å². The van der Waals surface area contributed by atoms with Crippen molar-refractivity contribution in [3.63, 3.8) is 0 Å². The van der Waals surface area contributed by atoms with Gasteiger partial charge in [0, 0.05) is 0 Å². The zero-order chi connectivity index (χ0) is 13.2. The molecule has 4 nitrogen and oxygen atoms in total. The summed E-state index contributed by atoms with van der Waals surface area (Å²) in [5.74, 6) is -0.206. The number of carbonyl (C=O) groups is 1. The first-order valence-corrected chi connectivity index (χ1v) is 6.34. The maximum absolute atomic E-state index is 11.0. The van der Waals surface area contributed by atoms with Crippen molar-refractivity contribution < 1.29 is 14.6 Å². The van der Waals surface area contributed by atoms with E-state index >= 15 is 0 Å². The molecule has 0 aromatic heterocycles. The van der Waals surface area contributed by atoms with Gasteiger partial charge in [-0.2, -0.15) is 0 Å². The molecule has 1 atom stereocenters. The normalized spacial score (nSPS) is 12.1. The van der Waals surface area contributed by atoms with Crippen molar-refractivity contribution in [1.82, 2.24) is 0 Å². The number of nitrogens with two attached hydrogens (primary N) is 1. The van der Waals surface area contributed by atoms with Crippen molar-refractivity contribution in [2.45, 2.75) is 25.7 Å². The highest BCUT2D eigenvalue weighted by Crippen LogP contribution is 2.15. The summed E-state index contributed by atoms with van der Waals surface area (Å²) in [5.41, 5.74) is 5.39. The van der Waals surface area contributed by atoms with Crippen molar-refractivity contribution >= 4 is 5.97 Å². The summed E-state index contributed by atoms with van der Waals surface area (Å²) >= 11 is 0. The first kappa shape index (κ1) is 14.5. The minimum absolute atomic E-state index is 0.298. The Hall–Kier alpha value is -1.55. The first-order valence-electron chi connectivity index (χ1n) is 6.34. The van der Waals surface area contributed by atoms with Gasteiger partial charge >= 0.3 is 5.97 Å². The second-order valence-electron chi connectivity index (χ2n) is 4.27. The lowest BCUT2D eigenvalue weighted by Gasteiger charge is -2.12. The first-order chi connectivity index (χ1) is 8.74. The molecule has 0 aliphatic heterocycles. The van der Waals surface area contributed by atoms with E-state index in [-0.39, 0.29) is 5.92 Å². The topological polar surface area (TPSA) is 72.5 Å². The van der Waals surface area contributed by atoms with Gasteiger partial charge in [-0.15, -0.1) is 0 Å². The predicted octanol–water partition coefficient (Wildman–Crippen LogP) is 2.29. The molecule has 18 heavy (non-hydrogen) atoms. The van der Waals surface area contributed by atoms with Crippen molar-refractivity contribution in [2.24, 2.45) is 11.7 Å². The molecule has 0 fully saturated rings. The molecule has 1 rings (SSSR count). The van der Waals surface area contributed by atoms with Gasteiger partial charge in [0.15, 0.2) is 0 Å². The smallest absolute Gasteiger partial charge is 0.306 e. The third-order valence-corrected chi connectivity index (χ3v) is 2.81. The standard InChI is InChI=1S/C14H21NO3/c15-10-4-6-12(14(16)17)7-5-11-18-13-8-2-1-3-9-13/h1-3,8-9,12H,4-7,10-11,15H2,(H,16,17). The van der Waals surface area contributed by atoms with Crippen LogP contribution in [0.1, 0.15) is 25.7 Å². The molecule has 1 aromatic rings. The molecule has 0 spiro atoms. The fourth-order valence-electron chi connectivity index (χ4n) is 1.79. The Balaban J connectivity index is 2.20. The van der Waals surface area contributed by atoms with Crippen LogP contribution in [0.4, 0.5) is 0 Å². The molecule has 0 heterocycles. The molecule has 1 unspecified atom stereocenters. The Morgan fingerprint density at radius 2 is 1.89 bits per heavy atom. The van der Waals surface area contributed by atoms with Crippen LogP contribution in [0.15, 0.2) is 30.3 Å². The molecule has 0 aliphatic rings. The van der Waals surface area contributed by atoms with Gasteiger partial charge in [0.25, 0.3) is 0 Å². The minimum atomic E-state index is -0.733. The highest BCUT2D eigenvalue weighted by atomic mass is 16.5. The number of carboxylic acid groups (broad SMARTS) is 1. The molecular weight excluding hydrogens is 230 g/mol. The van der Waals surface area contributed by atoms with Gasteiger partial charge in [0.1, 0.15) is 5.75 Å². The SMILES string of the molecule is NCCCC(CCCOc1ccccc1)C(=O)O. The van der Waals surface area contributed by atoms with Crippen molar-refractivity contribution in [1.29, 1.82) is 0 Å². The zero-order valence-corrected chi connectivity index (χ0v) is 10.5. The Morgan fingerprint density at radius 1 is 1.22 bits per heavy atom. The van der Waals surface area contributed by atoms with Crippen LogP contribution >= 0.6 is 0 Å².